The van der Waals surface area contributed by atoms with E-state index in [0.717, 1.165) is 16.9 Å². The number of methoxy groups -OCH3 is 1. The lowest BCUT2D eigenvalue weighted by Gasteiger charge is -2.18. The van der Waals surface area contributed by atoms with E-state index < -0.39 is 0 Å². The number of hydrogen-bond donors (Lipinski definition) is 2. The number of halogens is 3. The molecule has 0 aromatic heterocycles. The van der Waals surface area contributed by atoms with Gasteiger partial charge in [0.05, 0.1) is 17.6 Å². The van der Waals surface area contributed by atoms with Crippen molar-refractivity contribution in [3.8, 4) is 5.75 Å². The largest absolute Gasteiger partial charge is 0.496 e. The molecule has 0 fully saturated rings. The van der Waals surface area contributed by atoms with Crippen molar-refractivity contribution < 1.29 is 9.13 Å². The maximum Gasteiger partial charge on any atom is 0.137 e. The molecule has 0 aliphatic carbocycles. The second-order valence-corrected chi connectivity index (χ2v) is 5.84. The highest BCUT2D eigenvalue weighted by molar-refractivity contribution is 9.10. The minimum absolute atomic E-state index is 0.250. The third-order valence-electron chi connectivity index (χ3n) is 3.21. The van der Waals surface area contributed by atoms with Crippen LogP contribution < -0.4 is 16.0 Å². The zero-order valence-corrected chi connectivity index (χ0v) is 13.7. The Bertz CT molecular complexity index is 639. The van der Waals surface area contributed by atoms with Crippen LogP contribution >= 0.6 is 27.5 Å². The molecule has 0 saturated heterocycles. The zero-order chi connectivity index (χ0) is 15.4. The normalized spacial score (nSPS) is 12.2. The maximum absolute atomic E-state index is 13.7. The summed E-state index contributed by atoms with van der Waals surface area (Å²) in [5.41, 5.74) is 4.35. The van der Waals surface area contributed by atoms with E-state index in [-0.39, 0.29) is 11.9 Å². The van der Waals surface area contributed by atoms with E-state index in [2.05, 4.69) is 21.4 Å². The SMILES string of the molecule is COc1ccc(Cl)cc1CC(NN)c1ccc(Br)c(F)c1. The van der Waals surface area contributed by atoms with Gasteiger partial charge in [-0.15, -0.1) is 0 Å². The molecular formula is C15H15BrClFN2O. The van der Waals surface area contributed by atoms with Crippen molar-refractivity contribution >= 4 is 27.5 Å². The molecule has 0 radical (unpaired) electrons. The van der Waals surface area contributed by atoms with E-state index in [1.54, 1.807) is 25.3 Å². The third-order valence-corrected chi connectivity index (χ3v) is 4.09. The van der Waals surface area contributed by atoms with Gasteiger partial charge in [0.2, 0.25) is 0 Å². The molecule has 0 aliphatic heterocycles. The monoisotopic (exact) mass is 372 g/mol. The first-order valence-corrected chi connectivity index (χ1v) is 7.45. The van der Waals surface area contributed by atoms with Crippen LogP contribution in [0.4, 0.5) is 4.39 Å². The van der Waals surface area contributed by atoms with Crippen LogP contribution in [0, 0.1) is 5.82 Å². The summed E-state index contributed by atoms with van der Waals surface area (Å²) in [6.45, 7) is 0. The smallest absolute Gasteiger partial charge is 0.137 e. The van der Waals surface area contributed by atoms with Crippen LogP contribution in [-0.4, -0.2) is 7.11 Å². The van der Waals surface area contributed by atoms with Crippen LogP contribution in [0.5, 0.6) is 5.75 Å². The first-order chi connectivity index (χ1) is 10.0. The molecule has 0 bridgehead atoms. The van der Waals surface area contributed by atoms with Gasteiger partial charge >= 0.3 is 0 Å². The number of hydrazine groups is 1. The van der Waals surface area contributed by atoms with E-state index >= 15 is 0 Å². The molecule has 1 atom stereocenters. The summed E-state index contributed by atoms with van der Waals surface area (Å²) in [6.07, 6.45) is 0.529. The molecule has 112 valence electrons. The van der Waals surface area contributed by atoms with Gasteiger partial charge in [-0.25, -0.2) is 4.39 Å². The molecule has 2 aromatic carbocycles. The summed E-state index contributed by atoms with van der Waals surface area (Å²) >= 11 is 9.15. The fourth-order valence-corrected chi connectivity index (χ4v) is 2.57. The molecule has 2 rings (SSSR count). The van der Waals surface area contributed by atoms with Crippen LogP contribution in [0.2, 0.25) is 5.02 Å². The van der Waals surface area contributed by atoms with Crippen molar-refractivity contribution in [2.45, 2.75) is 12.5 Å². The van der Waals surface area contributed by atoms with Crippen molar-refractivity contribution in [1.82, 2.24) is 5.43 Å². The number of nitrogens with two attached hydrogens (primary N) is 1. The fraction of sp³-hybridized carbons (Fsp3) is 0.200. The highest BCUT2D eigenvalue weighted by Crippen LogP contribution is 2.28. The minimum Gasteiger partial charge on any atom is -0.496 e. The van der Waals surface area contributed by atoms with Gasteiger partial charge in [0.1, 0.15) is 11.6 Å². The summed E-state index contributed by atoms with van der Waals surface area (Å²) < 4.78 is 19.4. The molecule has 21 heavy (non-hydrogen) atoms. The first kappa shape index (κ1) is 16.2. The highest BCUT2D eigenvalue weighted by atomic mass is 79.9. The topological polar surface area (TPSA) is 47.3 Å². The predicted molar refractivity (Wildman–Crippen MR) is 85.9 cm³/mol. The lowest BCUT2D eigenvalue weighted by atomic mass is 9.98. The molecule has 0 saturated carbocycles. The molecule has 0 aliphatic rings. The molecule has 0 amide bonds. The van der Waals surface area contributed by atoms with Gasteiger partial charge in [-0.3, -0.25) is 11.3 Å². The van der Waals surface area contributed by atoms with Crippen molar-refractivity contribution in [3.05, 3.63) is 62.8 Å². The predicted octanol–water partition coefficient (Wildman–Crippen LogP) is 4.00. The van der Waals surface area contributed by atoms with E-state index in [1.165, 1.54) is 6.07 Å². The summed E-state index contributed by atoms with van der Waals surface area (Å²) in [6, 6.07) is 10.0. The van der Waals surface area contributed by atoms with Crippen LogP contribution in [0.25, 0.3) is 0 Å². The van der Waals surface area contributed by atoms with Crippen LogP contribution in [0.1, 0.15) is 17.2 Å². The Balaban J connectivity index is 2.30. The Hall–Kier alpha value is -1.14. The fourth-order valence-electron chi connectivity index (χ4n) is 2.13. The van der Waals surface area contributed by atoms with Gasteiger partial charge in [0.15, 0.2) is 0 Å². The van der Waals surface area contributed by atoms with Gasteiger partial charge in [-0.2, -0.15) is 0 Å². The number of nitrogens with one attached hydrogen (secondary N) is 1. The molecule has 0 heterocycles. The Kier molecular flexibility index (Phi) is 5.58. The molecular weight excluding hydrogens is 359 g/mol. The van der Waals surface area contributed by atoms with Crippen molar-refractivity contribution in [3.63, 3.8) is 0 Å². The lowest BCUT2D eigenvalue weighted by molar-refractivity contribution is 0.405. The number of hydrogen-bond acceptors (Lipinski definition) is 3. The summed E-state index contributed by atoms with van der Waals surface area (Å²) in [7, 11) is 1.59. The molecule has 6 heteroatoms. The highest BCUT2D eigenvalue weighted by Gasteiger charge is 2.15. The van der Waals surface area contributed by atoms with Crippen molar-refractivity contribution in [2.75, 3.05) is 7.11 Å². The molecule has 3 N–H and O–H groups in total. The van der Waals surface area contributed by atoms with Gasteiger partial charge in [-0.05, 0) is 63.8 Å². The third kappa shape index (κ3) is 3.95. The van der Waals surface area contributed by atoms with Gasteiger partial charge in [0, 0.05) is 5.02 Å². The van der Waals surface area contributed by atoms with Crippen molar-refractivity contribution in [1.29, 1.82) is 0 Å². The Morgan fingerprint density at radius 3 is 2.71 bits per heavy atom. The van der Waals surface area contributed by atoms with Crippen LogP contribution in [0.15, 0.2) is 40.9 Å². The van der Waals surface area contributed by atoms with Gasteiger partial charge < -0.3 is 4.74 Å². The molecule has 2 aromatic rings. The van der Waals surface area contributed by atoms with Gasteiger partial charge in [-0.1, -0.05) is 17.7 Å². The summed E-state index contributed by atoms with van der Waals surface area (Å²) in [4.78, 5) is 0. The Morgan fingerprint density at radius 2 is 2.10 bits per heavy atom. The standard InChI is InChI=1S/C15H15BrClFN2O/c1-21-15-5-3-11(17)6-10(15)8-14(20-19)9-2-4-12(16)13(18)7-9/h2-7,14,20H,8,19H2,1H3. The Labute approximate surface area is 136 Å². The summed E-state index contributed by atoms with van der Waals surface area (Å²) in [5.74, 6) is 6.00. The maximum atomic E-state index is 13.7. The minimum atomic E-state index is -0.328. The lowest BCUT2D eigenvalue weighted by Crippen LogP contribution is -2.29. The second-order valence-electron chi connectivity index (χ2n) is 4.55. The van der Waals surface area contributed by atoms with Gasteiger partial charge in [0.25, 0.3) is 0 Å². The van der Waals surface area contributed by atoms with E-state index in [1.807, 2.05) is 12.1 Å². The van der Waals surface area contributed by atoms with Crippen molar-refractivity contribution in [2.24, 2.45) is 5.84 Å². The molecule has 1 unspecified atom stereocenters. The van der Waals surface area contributed by atoms with E-state index in [4.69, 9.17) is 22.2 Å². The molecule has 0 spiro atoms. The Morgan fingerprint density at radius 1 is 1.33 bits per heavy atom. The average Bonchev–Trinajstić information content (AvgIpc) is 2.48. The number of ether oxygens (including phenoxy) is 1. The first-order valence-electron chi connectivity index (χ1n) is 6.28. The van der Waals surface area contributed by atoms with E-state index in [0.29, 0.717) is 15.9 Å². The van der Waals surface area contributed by atoms with Crippen LogP contribution in [-0.2, 0) is 6.42 Å². The number of rotatable bonds is 5. The van der Waals surface area contributed by atoms with Crippen LogP contribution in [0.3, 0.4) is 0 Å². The quantitative estimate of drug-likeness (QED) is 0.615. The second kappa shape index (κ2) is 7.22. The summed E-state index contributed by atoms with van der Waals surface area (Å²) in [5, 5.41) is 0.614. The van der Waals surface area contributed by atoms with E-state index in [9.17, 15) is 4.39 Å². The number of benzene rings is 2. The molecule has 3 nitrogen and oxygen atoms in total. The average molecular weight is 374 g/mol. The zero-order valence-electron chi connectivity index (χ0n) is 11.4.